The summed E-state index contributed by atoms with van der Waals surface area (Å²) in [6, 6.07) is 5.76. The lowest BCUT2D eigenvalue weighted by Crippen LogP contribution is -2.39. The molecule has 138 valence electrons. The Kier molecular flexibility index (Phi) is 5.04. The molecule has 0 radical (unpaired) electrons. The second kappa shape index (κ2) is 7.11. The maximum Gasteiger partial charge on any atom is 0.254 e. The number of carbonyl (C=O) groups excluding carboxylic acids is 1. The molecular formula is C18H18F2N2O3S. The largest absolute Gasteiger partial charge is 0.338 e. The van der Waals surface area contributed by atoms with E-state index in [2.05, 4.69) is 4.98 Å². The fraction of sp³-hybridized carbons (Fsp3) is 0.333. The van der Waals surface area contributed by atoms with Crippen LogP contribution in [0.5, 0.6) is 0 Å². The summed E-state index contributed by atoms with van der Waals surface area (Å²) in [4.78, 5) is 18.5. The molecule has 2 aromatic rings. The SMILES string of the molecule is CS(=O)(=O)c1cccnc1C1CCCN(C(=O)c2cc(F)cc(F)c2)C1. The highest BCUT2D eigenvalue weighted by Crippen LogP contribution is 2.30. The average Bonchev–Trinajstić information content (AvgIpc) is 2.59. The highest BCUT2D eigenvalue weighted by atomic mass is 32.2. The molecule has 0 saturated carbocycles. The molecule has 1 aromatic heterocycles. The third-order valence-corrected chi connectivity index (χ3v) is 5.55. The molecule has 1 fully saturated rings. The van der Waals surface area contributed by atoms with Crippen molar-refractivity contribution in [2.24, 2.45) is 0 Å². The van der Waals surface area contributed by atoms with Gasteiger partial charge in [0.1, 0.15) is 11.6 Å². The fourth-order valence-electron chi connectivity index (χ4n) is 3.27. The van der Waals surface area contributed by atoms with Crippen LogP contribution in [0.3, 0.4) is 0 Å². The van der Waals surface area contributed by atoms with Gasteiger partial charge in [0.15, 0.2) is 9.84 Å². The van der Waals surface area contributed by atoms with Crippen molar-refractivity contribution in [1.29, 1.82) is 0 Å². The fourth-order valence-corrected chi connectivity index (χ4v) is 4.19. The zero-order chi connectivity index (χ0) is 18.9. The van der Waals surface area contributed by atoms with Gasteiger partial charge in [-0.1, -0.05) is 0 Å². The molecule has 5 nitrogen and oxygen atoms in total. The van der Waals surface area contributed by atoms with E-state index in [1.807, 2.05) is 0 Å². The Balaban J connectivity index is 1.88. The van der Waals surface area contributed by atoms with E-state index >= 15 is 0 Å². The first kappa shape index (κ1) is 18.4. The molecule has 1 aliphatic heterocycles. The van der Waals surface area contributed by atoms with Crippen molar-refractivity contribution in [3.63, 3.8) is 0 Å². The third-order valence-electron chi connectivity index (χ3n) is 4.40. The first-order valence-corrected chi connectivity index (χ1v) is 10.0. The Hall–Kier alpha value is -2.35. The maximum absolute atomic E-state index is 13.4. The van der Waals surface area contributed by atoms with Crippen LogP contribution >= 0.6 is 0 Å². The molecule has 8 heteroatoms. The molecule has 0 spiro atoms. The van der Waals surface area contributed by atoms with Crippen molar-refractivity contribution in [3.05, 3.63) is 59.4 Å². The summed E-state index contributed by atoms with van der Waals surface area (Å²) in [7, 11) is -3.45. The third kappa shape index (κ3) is 3.90. The number of piperidine rings is 1. The summed E-state index contributed by atoms with van der Waals surface area (Å²) in [6.07, 6.45) is 3.97. The Bertz CT molecular complexity index is 927. The number of benzene rings is 1. The number of amides is 1. The summed E-state index contributed by atoms with van der Waals surface area (Å²) in [5.41, 5.74) is 0.366. The molecule has 26 heavy (non-hydrogen) atoms. The number of hydrogen-bond acceptors (Lipinski definition) is 4. The first-order valence-electron chi connectivity index (χ1n) is 8.16. The van der Waals surface area contributed by atoms with Crippen LogP contribution in [0.25, 0.3) is 0 Å². The number of halogens is 2. The molecule has 0 aliphatic carbocycles. The van der Waals surface area contributed by atoms with Gasteiger partial charge in [0.25, 0.3) is 5.91 Å². The van der Waals surface area contributed by atoms with E-state index in [1.165, 1.54) is 17.2 Å². The van der Waals surface area contributed by atoms with Crippen molar-refractivity contribution in [2.45, 2.75) is 23.7 Å². The Morgan fingerprint density at radius 2 is 1.92 bits per heavy atom. The van der Waals surface area contributed by atoms with Gasteiger partial charge in [-0.2, -0.15) is 0 Å². The van der Waals surface area contributed by atoms with E-state index in [1.54, 1.807) is 6.07 Å². The number of hydrogen-bond donors (Lipinski definition) is 0. The molecule has 1 aliphatic rings. The van der Waals surface area contributed by atoms with E-state index in [0.717, 1.165) is 18.4 Å². The van der Waals surface area contributed by atoms with Crippen LogP contribution in [0.15, 0.2) is 41.4 Å². The summed E-state index contributed by atoms with van der Waals surface area (Å²) in [5, 5.41) is 0. The average molecular weight is 380 g/mol. The van der Waals surface area contributed by atoms with Gasteiger partial charge in [-0.25, -0.2) is 17.2 Å². The van der Waals surface area contributed by atoms with E-state index in [4.69, 9.17) is 0 Å². The molecule has 0 N–H and O–H groups in total. The van der Waals surface area contributed by atoms with Gasteiger partial charge in [-0.15, -0.1) is 0 Å². The molecule has 2 heterocycles. The maximum atomic E-state index is 13.4. The van der Waals surface area contributed by atoms with Crippen molar-refractivity contribution in [2.75, 3.05) is 19.3 Å². The minimum absolute atomic E-state index is 0.0625. The number of rotatable bonds is 3. The zero-order valence-electron chi connectivity index (χ0n) is 14.2. The van der Waals surface area contributed by atoms with Gasteiger partial charge in [-0.05, 0) is 37.1 Å². The number of carbonyl (C=O) groups is 1. The predicted octanol–water partition coefficient (Wildman–Crippen LogP) is 2.78. The number of aromatic nitrogens is 1. The minimum atomic E-state index is -3.45. The van der Waals surface area contributed by atoms with Crippen molar-refractivity contribution >= 4 is 15.7 Å². The topological polar surface area (TPSA) is 67.3 Å². The Morgan fingerprint density at radius 3 is 2.58 bits per heavy atom. The van der Waals surface area contributed by atoms with E-state index in [9.17, 15) is 22.0 Å². The summed E-state index contributed by atoms with van der Waals surface area (Å²) in [5.74, 6) is -2.36. The van der Waals surface area contributed by atoms with Crippen LogP contribution in [-0.2, 0) is 9.84 Å². The molecule has 1 atom stereocenters. The van der Waals surface area contributed by atoms with Gasteiger partial charge < -0.3 is 4.90 Å². The standard InChI is InChI=1S/C18H18F2N2O3S/c1-26(24,25)16-5-2-6-21-17(16)12-4-3-7-22(11-12)18(23)13-8-14(19)10-15(20)9-13/h2,5-6,8-10,12H,3-4,7,11H2,1H3. The molecule has 1 saturated heterocycles. The number of nitrogens with zero attached hydrogens (tertiary/aromatic N) is 2. The normalized spacial score (nSPS) is 18.0. The van der Waals surface area contributed by atoms with E-state index in [-0.39, 0.29) is 22.9 Å². The molecule has 1 unspecified atom stereocenters. The summed E-state index contributed by atoms with van der Waals surface area (Å²) < 4.78 is 50.8. The van der Waals surface area contributed by atoms with Gasteiger partial charge >= 0.3 is 0 Å². The van der Waals surface area contributed by atoms with Gasteiger partial charge in [-0.3, -0.25) is 9.78 Å². The van der Waals surface area contributed by atoms with Crippen LogP contribution < -0.4 is 0 Å². The van der Waals surface area contributed by atoms with Crippen LogP contribution in [0.1, 0.15) is 34.8 Å². The zero-order valence-corrected chi connectivity index (χ0v) is 15.0. The molecule has 0 bridgehead atoms. The van der Waals surface area contributed by atoms with E-state index < -0.39 is 27.4 Å². The van der Waals surface area contributed by atoms with Crippen LogP contribution in [0, 0.1) is 11.6 Å². The molecule has 3 rings (SSSR count). The summed E-state index contributed by atoms with van der Waals surface area (Å²) in [6.45, 7) is 0.686. The predicted molar refractivity (Wildman–Crippen MR) is 91.6 cm³/mol. The van der Waals surface area contributed by atoms with Crippen LogP contribution in [0.2, 0.25) is 0 Å². The van der Waals surface area contributed by atoms with Gasteiger partial charge in [0, 0.05) is 43.1 Å². The lowest BCUT2D eigenvalue weighted by molar-refractivity contribution is 0.0704. The summed E-state index contributed by atoms with van der Waals surface area (Å²) >= 11 is 0. The lowest BCUT2D eigenvalue weighted by Gasteiger charge is -2.33. The quantitative estimate of drug-likeness (QED) is 0.821. The molecule has 1 amide bonds. The van der Waals surface area contributed by atoms with Crippen molar-refractivity contribution < 1.29 is 22.0 Å². The van der Waals surface area contributed by atoms with Gasteiger partial charge in [0.05, 0.1) is 10.6 Å². The van der Waals surface area contributed by atoms with Gasteiger partial charge in [0.2, 0.25) is 0 Å². The minimum Gasteiger partial charge on any atom is -0.338 e. The van der Waals surface area contributed by atoms with E-state index in [0.29, 0.717) is 31.1 Å². The number of likely N-dealkylation sites (tertiary alicyclic amines) is 1. The monoisotopic (exact) mass is 380 g/mol. The first-order chi connectivity index (χ1) is 12.3. The Morgan fingerprint density at radius 1 is 1.23 bits per heavy atom. The molecular weight excluding hydrogens is 362 g/mol. The second-order valence-corrected chi connectivity index (χ2v) is 8.39. The molecule has 1 aromatic carbocycles. The number of sulfone groups is 1. The van der Waals surface area contributed by atoms with Crippen molar-refractivity contribution in [1.82, 2.24) is 9.88 Å². The van der Waals surface area contributed by atoms with Crippen LogP contribution in [0.4, 0.5) is 8.78 Å². The van der Waals surface area contributed by atoms with Crippen molar-refractivity contribution in [3.8, 4) is 0 Å². The highest BCUT2D eigenvalue weighted by Gasteiger charge is 2.29. The second-order valence-electron chi connectivity index (χ2n) is 6.41. The lowest BCUT2D eigenvalue weighted by atomic mass is 9.93. The Labute approximate surface area is 150 Å². The smallest absolute Gasteiger partial charge is 0.254 e. The highest BCUT2D eigenvalue weighted by molar-refractivity contribution is 7.90. The number of pyridine rings is 1. The van der Waals surface area contributed by atoms with Crippen LogP contribution in [-0.4, -0.2) is 43.6 Å².